The molecule has 0 radical (unpaired) electrons. The highest BCUT2D eigenvalue weighted by molar-refractivity contribution is 5.98. The Morgan fingerprint density at radius 2 is 1.71 bits per heavy atom. The molecule has 0 fully saturated rings. The van der Waals surface area contributed by atoms with Gasteiger partial charge in [-0.3, -0.25) is 4.79 Å². The molecule has 0 saturated heterocycles. The summed E-state index contributed by atoms with van der Waals surface area (Å²) in [6.07, 6.45) is 4.58. The van der Waals surface area contributed by atoms with Crippen LogP contribution in [-0.2, 0) is 13.0 Å². The lowest BCUT2D eigenvalue weighted by atomic mass is 10.1. The number of methoxy groups -OCH3 is 1. The maximum absolute atomic E-state index is 13.8. The van der Waals surface area contributed by atoms with Gasteiger partial charge < -0.3 is 10.1 Å². The van der Waals surface area contributed by atoms with E-state index in [1.54, 1.807) is 19.2 Å². The molecule has 156 valence electrons. The highest BCUT2D eigenvalue weighted by Gasteiger charge is 2.09. The summed E-state index contributed by atoms with van der Waals surface area (Å²) in [5.41, 5.74) is 2.39. The van der Waals surface area contributed by atoms with Gasteiger partial charge in [-0.2, -0.15) is 0 Å². The van der Waals surface area contributed by atoms with E-state index >= 15 is 0 Å². The molecule has 0 atom stereocenters. The molecular formula is C26H24FN2O2+. The number of rotatable bonds is 7. The second kappa shape index (κ2) is 9.39. The van der Waals surface area contributed by atoms with Crippen LogP contribution in [0.2, 0.25) is 0 Å². The molecule has 1 heterocycles. The van der Waals surface area contributed by atoms with Gasteiger partial charge in [-0.1, -0.05) is 24.3 Å². The zero-order chi connectivity index (χ0) is 21.6. The van der Waals surface area contributed by atoms with Gasteiger partial charge in [-0.15, -0.1) is 0 Å². The van der Waals surface area contributed by atoms with Crippen molar-refractivity contribution in [2.75, 3.05) is 13.7 Å². The number of amides is 1. The van der Waals surface area contributed by atoms with Crippen molar-refractivity contribution in [3.8, 4) is 5.75 Å². The topological polar surface area (TPSA) is 42.2 Å². The van der Waals surface area contributed by atoms with Crippen molar-refractivity contribution in [2.24, 2.45) is 0 Å². The quantitative estimate of drug-likeness (QED) is 0.458. The van der Waals surface area contributed by atoms with Gasteiger partial charge in [0.25, 0.3) is 5.91 Å². The van der Waals surface area contributed by atoms with Gasteiger partial charge in [0.1, 0.15) is 11.6 Å². The third kappa shape index (κ3) is 5.07. The van der Waals surface area contributed by atoms with Crippen molar-refractivity contribution >= 4 is 16.7 Å². The molecule has 0 aliphatic carbocycles. The smallest absolute Gasteiger partial charge is 0.251 e. The number of nitrogens with zero attached hydrogens (tertiary/aromatic N) is 1. The molecule has 5 heteroatoms. The summed E-state index contributed by atoms with van der Waals surface area (Å²) in [5.74, 6) is 0.501. The summed E-state index contributed by atoms with van der Waals surface area (Å²) in [6, 6.07) is 22.2. The van der Waals surface area contributed by atoms with Crippen LogP contribution in [0, 0.1) is 5.82 Å². The molecular weight excluding hydrogens is 391 g/mol. The number of pyridine rings is 1. The lowest BCUT2D eigenvalue weighted by molar-refractivity contribution is -0.688. The number of benzene rings is 3. The molecule has 0 bridgehead atoms. The molecule has 0 saturated carbocycles. The molecule has 31 heavy (non-hydrogen) atoms. The summed E-state index contributed by atoms with van der Waals surface area (Å²) in [6.45, 7) is 1.02. The Kier molecular flexibility index (Phi) is 6.22. The maximum atomic E-state index is 13.8. The number of ether oxygens (including phenoxy) is 1. The van der Waals surface area contributed by atoms with Gasteiger partial charge in [0, 0.05) is 24.2 Å². The van der Waals surface area contributed by atoms with Crippen LogP contribution in [0.5, 0.6) is 5.75 Å². The average molecular weight is 415 g/mol. The van der Waals surface area contributed by atoms with Crippen LogP contribution in [0.3, 0.4) is 0 Å². The first-order chi connectivity index (χ1) is 15.1. The molecule has 1 amide bonds. The number of hydrogen-bond acceptors (Lipinski definition) is 2. The minimum absolute atomic E-state index is 0.0942. The minimum atomic E-state index is -0.199. The zero-order valence-corrected chi connectivity index (χ0v) is 17.3. The molecule has 0 spiro atoms. The van der Waals surface area contributed by atoms with Gasteiger partial charge in [-0.05, 0) is 59.2 Å². The van der Waals surface area contributed by atoms with E-state index < -0.39 is 0 Å². The number of halogens is 1. The summed E-state index contributed by atoms with van der Waals surface area (Å²) in [5, 5.41) is 5.00. The van der Waals surface area contributed by atoms with Crippen LogP contribution in [0.15, 0.2) is 85.2 Å². The fraction of sp³-hybridized carbons (Fsp3) is 0.154. The van der Waals surface area contributed by atoms with Crippen molar-refractivity contribution in [3.05, 3.63) is 108 Å². The van der Waals surface area contributed by atoms with E-state index in [2.05, 4.69) is 5.32 Å². The van der Waals surface area contributed by atoms with Crippen LogP contribution >= 0.6 is 0 Å². The average Bonchev–Trinajstić information content (AvgIpc) is 2.81. The molecule has 0 aliphatic heterocycles. The van der Waals surface area contributed by atoms with Crippen molar-refractivity contribution in [1.82, 2.24) is 5.32 Å². The van der Waals surface area contributed by atoms with Crippen molar-refractivity contribution in [1.29, 1.82) is 0 Å². The Hall–Kier alpha value is -3.73. The fourth-order valence-corrected chi connectivity index (χ4v) is 3.50. The summed E-state index contributed by atoms with van der Waals surface area (Å²) >= 11 is 0. The first kappa shape index (κ1) is 20.5. The molecule has 4 nitrogen and oxygen atoms in total. The van der Waals surface area contributed by atoms with E-state index in [0.29, 0.717) is 24.2 Å². The third-order valence-electron chi connectivity index (χ3n) is 5.28. The minimum Gasteiger partial charge on any atom is -0.497 e. The molecule has 1 aromatic heterocycles. The monoisotopic (exact) mass is 415 g/mol. The second-order valence-electron chi connectivity index (χ2n) is 7.40. The Morgan fingerprint density at radius 3 is 2.48 bits per heavy atom. The highest BCUT2D eigenvalue weighted by Crippen LogP contribution is 2.21. The molecule has 3 aromatic carbocycles. The van der Waals surface area contributed by atoms with Crippen molar-refractivity contribution < 1.29 is 18.5 Å². The van der Waals surface area contributed by atoms with E-state index in [0.717, 1.165) is 28.5 Å². The van der Waals surface area contributed by atoms with Crippen molar-refractivity contribution in [3.63, 3.8) is 0 Å². The predicted molar refractivity (Wildman–Crippen MR) is 119 cm³/mol. The largest absolute Gasteiger partial charge is 0.497 e. The van der Waals surface area contributed by atoms with Gasteiger partial charge in [-0.25, -0.2) is 8.96 Å². The Balaban J connectivity index is 1.32. The van der Waals surface area contributed by atoms with Crippen LogP contribution in [0.25, 0.3) is 10.8 Å². The first-order valence-electron chi connectivity index (χ1n) is 10.2. The lowest BCUT2D eigenvalue weighted by Crippen LogP contribution is -2.34. The van der Waals surface area contributed by atoms with Crippen LogP contribution in [-0.4, -0.2) is 19.6 Å². The van der Waals surface area contributed by atoms with E-state index in [9.17, 15) is 9.18 Å². The van der Waals surface area contributed by atoms with Crippen LogP contribution < -0.4 is 14.6 Å². The maximum Gasteiger partial charge on any atom is 0.251 e. The first-order valence-corrected chi connectivity index (χ1v) is 10.2. The number of carbonyl (C=O) groups excluding carboxylic acids is 1. The standard InChI is InChI=1S/C26H23FN2O2/c1-31-24-9-8-20-16-22(7-6-21(20)17-24)26(30)28-13-10-19-11-14-29(15-12-19)18-23-4-2-3-5-25(23)27/h2-9,11-12,14-17H,10,13,18H2,1H3/p+1. The number of carbonyl (C=O) groups is 1. The van der Waals surface area contributed by atoms with Crippen LogP contribution in [0.1, 0.15) is 21.5 Å². The number of fused-ring (bicyclic) bond motifs is 1. The predicted octanol–water partition coefficient (Wildman–Crippen LogP) is 4.30. The summed E-state index contributed by atoms with van der Waals surface area (Å²) < 4.78 is 21.0. The van der Waals surface area contributed by atoms with Crippen LogP contribution in [0.4, 0.5) is 4.39 Å². The summed E-state index contributed by atoms with van der Waals surface area (Å²) in [4.78, 5) is 12.5. The van der Waals surface area contributed by atoms with E-state index in [-0.39, 0.29) is 11.7 Å². The number of aromatic nitrogens is 1. The Morgan fingerprint density at radius 1 is 0.968 bits per heavy atom. The van der Waals surface area contributed by atoms with E-state index in [1.807, 2.05) is 71.6 Å². The summed E-state index contributed by atoms with van der Waals surface area (Å²) in [7, 11) is 1.64. The Labute approximate surface area is 180 Å². The van der Waals surface area contributed by atoms with E-state index in [4.69, 9.17) is 4.74 Å². The number of hydrogen-bond donors (Lipinski definition) is 1. The SMILES string of the molecule is COc1ccc2cc(C(=O)NCCc3cc[n+](Cc4ccccc4F)cc3)ccc2c1. The fourth-order valence-electron chi connectivity index (χ4n) is 3.50. The third-order valence-corrected chi connectivity index (χ3v) is 5.28. The second-order valence-corrected chi connectivity index (χ2v) is 7.40. The molecule has 0 aliphatic rings. The number of nitrogens with one attached hydrogen (secondary N) is 1. The molecule has 1 N–H and O–H groups in total. The Bertz CT molecular complexity index is 1210. The van der Waals surface area contributed by atoms with Gasteiger partial charge in [0.15, 0.2) is 18.9 Å². The van der Waals surface area contributed by atoms with E-state index in [1.165, 1.54) is 6.07 Å². The lowest BCUT2D eigenvalue weighted by Gasteiger charge is -2.07. The van der Waals surface area contributed by atoms with Gasteiger partial charge in [0.05, 0.1) is 12.7 Å². The zero-order valence-electron chi connectivity index (χ0n) is 17.3. The molecule has 4 aromatic rings. The highest BCUT2D eigenvalue weighted by atomic mass is 19.1. The van der Waals surface area contributed by atoms with Gasteiger partial charge in [0.2, 0.25) is 0 Å². The van der Waals surface area contributed by atoms with Crippen molar-refractivity contribution in [2.45, 2.75) is 13.0 Å². The normalized spacial score (nSPS) is 10.8. The van der Waals surface area contributed by atoms with Gasteiger partial charge >= 0.3 is 0 Å². The molecule has 0 unspecified atom stereocenters. The molecule has 4 rings (SSSR count).